The van der Waals surface area contributed by atoms with Crippen molar-refractivity contribution in [2.75, 3.05) is 5.88 Å². The number of aliphatic hydroxyl groups is 1. The summed E-state index contributed by atoms with van der Waals surface area (Å²) in [6.45, 7) is 3.56. The molecule has 0 aliphatic carbocycles. The highest BCUT2D eigenvalue weighted by atomic mass is 35.5. The van der Waals surface area contributed by atoms with Gasteiger partial charge in [-0.05, 0) is 38.1 Å². The predicted molar refractivity (Wildman–Crippen MR) is 118 cm³/mol. The Labute approximate surface area is 197 Å². The van der Waals surface area contributed by atoms with Crippen LogP contribution in [0, 0.1) is 13.8 Å². The highest BCUT2D eigenvalue weighted by molar-refractivity contribution is 7.87. The first-order chi connectivity index (χ1) is 14.9. The molecule has 0 amide bonds. The minimum absolute atomic E-state index is 0.171. The van der Waals surface area contributed by atoms with Crippen LogP contribution < -0.4 is 0 Å². The van der Waals surface area contributed by atoms with E-state index in [2.05, 4.69) is 0 Å². The molecule has 3 rings (SSSR count). The van der Waals surface area contributed by atoms with E-state index in [9.17, 15) is 21.9 Å². The van der Waals surface area contributed by atoms with Gasteiger partial charge in [-0.3, -0.25) is 8.37 Å². The van der Waals surface area contributed by atoms with Crippen molar-refractivity contribution in [2.24, 2.45) is 0 Å². The smallest absolute Gasteiger partial charge is 0.297 e. The van der Waals surface area contributed by atoms with Crippen molar-refractivity contribution in [3.63, 3.8) is 0 Å². The first kappa shape index (κ1) is 25.4. The summed E-state index contributed by atoms with van der Waals surface area (Å²) < 4.78 is 66.9. The Kier molecular flexibility index (Phi) is 7.89. The molecule has 12 heteroatoms. The van der Waals surface area contributed by atoms with E-state index in [0.717, 1.165) is 11.1 Å². The molecule has 1 fully saturated rings. The Bertz CT molecular complexity index is 1140. The lowest BCUT2D eigenvalue weighted by Gasteiger charge is -2.40. The summed E-state index contributed by atoms with van der Waals surface area (Å²) in [6.07, 6.45) is -6.28. The minimum Gasteiger partial charge on any atom is -0.366 e. The van der Waals surface area contributed by atoms with E-state index >= 15 is 0 Å². The van der Waals surface area contributed by atoms with E-state index < -0.39 is 50.2 Å². The molecule has 176 valence electrons. The topological polar surface area (TPSA) is 116 Å². The summed E-state index contributed by atoms with van der Waals surface area (Å²) in [5.41, 5.74) is 1.65. The summed E-state index contributed by atoms with van der Waals surface area (Å²) in [6, 6.07) is 11.6. The predicted octanol–water partition coefficient (Wildman–Crippen LogP) is 2.71. The van der Waals surface area contributed by atoms with E-state index in [-0.39, 0.29) is 15.7 Å². The zero-order valence-corrected chi connectivity index (χ0v) is 20.2. The number of benzene rings is 2. The third-order valence-corrected chi connectivity index (χ3v) is 8.32. The summed E-state index contributed by atoms with van der Waals surface area (Å²) in [7, 11) is -8.81. The lowest BCUT2D eigenvalue weighted by Crippen LogP contribution is -2.58. The summed E-state index contributed by atoms with van der Waals surface area (Å²) >= 11 is 12.2. The number of aliphatic hydroxyl groups excluding tert-OH is 1. The Morgan fingerprint density at radius 3 is 1.66 bits per heavy atom. The van der Waals surface area contributed by atoms with Crippen LogP contribution in [0.2, 0.25) is 0 Å². The summed E-state index contributed by atoms with van der Waals surface area (Å²) in [5.74, 6) is -0.201. The first-order valence-electron chi connectivity index (χ1n) is 9.48. The average Bonchev–Trinajstić information content (AvgIpc) is 2.73. The second-order valence-corrected chi connectivity index (χ2v) is 11.3. The summed E-state index contributed by atoms with van der Waals surface area (Å²) in [5, 5.41) is 9.17. The van der Waals surface area contributed by atoms with Gasteiger partial charge in [-0.25, -0.2) is 0 Å². The fraction of sp³-hybridized carbons (Fsp3) is 0.400. The average molecular weight is 525 g/mol. The van der Waals surface area contributed by atoms with Crippen LogP contribution >= 0.6 is 23.2 Å². The molecule has 8 nitrogen and oxygen atoms in total. The molecule has 0 radical (unpaired) electrons. The zero-order chi connectivity index (χ0) is 23.7. The fourth-order valence-corrected chi connectivity index (χ4v) is 5.97. The molecular formula is C20H22Cl2O8S2. The summed E-state index contributed by atoms with van der Waals surface area (Å²) in [4.78, 5) is -0.364. The van der Waals surface area contributed by atoms with Crippen molar-refractivity contribution in [1.82, 2.24) is 0 Å². The molecule has 2 aromatic rings. The molecule has 32 heavy (non-hydrogen) atoms. The van der Waals surface area contributed by atoms with Gasteiger partial charge in [0.15, 0.2) is 12.4 Å². The van der Waals surface area contributed by atoms with E-state index in [1.807, 2.05) is 0 Å². The van der Waals surface area contributed by atoms with Crippen LogP contribution in [-0.2, 0) is 33.3 Å². The SMILES string of the molecule is Cc1ccc(S(=O)(=O)O[C@@H]2[C@@H](OS(=O)(=O)c3ccc(C)cc3)[C@@H](Cl)[C@@H](CCl)O[C@H]2O)cc1. The number of halogens is 2. The van der Waals surface area contributed by atoms with Crippen molar-refractivity contribution in [1.29, 1.82) is 0 Å². The largest absolute Gasteiger partial charge is 0.366 e. The Balaban J connectivity index is 1.94. The van der Waals surface area contributed by atoms with Crippen LogP contribution in [0.25, 0.3) is 0 Å². The van der Waals surface area contributed by atoms with Gasteiger partial charge in [-0.15, -0.1) is 23.2 Å². The first-order valence-corrected chi connectivity index (χ1v) is 13.3. The van der Waals surface area contributed by atoms with Crippen LogP contribution in [0.4, 0.5) is 0 Å². The maximum absolute atomic E-state index is 12.8. The lowest BCUT2D eigenvalue weighted by atomic mass is 10.0. The van der Waals surface area contributed by atoms with E-state index in [0.29, 0.717) is 0 Å². The second kappa shape index (κ2) is 9.94. The number of rotatable bonds is 7. The van der Waals surface area contributed by atoms with Crippen molar-refractivity contribution in [3.05, 3.63) is 59.7 Å². The molecule has 1 aliphatic rings. The van der Waals surface area contributed by atoms with Gasteiger partial charge in [0.05, 0.1) is 27.2 Å². The third kappa shape index (κ3) is 5.63. The molecule has 5 atom stereocenters. The lowest BCUT2D eigenvalue weighted by molar-refractivity contribution is -0.226. The molecule has 0 aromatic heterocycles. The Morgan fingerprint density at radius 1 is 0.844 bits per heavy atom. The number of alkyl halides is 2. The fourth-order valence-electron chi connectivity index (χ4n) is 3.03. The van der Waals surface area contributed by atoms with Gasteiger partial charge in [0.2, 0.25) is 0 Å². The van der Waals surface area contributed by atoms with Gasteiger partial charge < -0.3 is 9.84 Å². The van der Waals surface area contributed by atoms with Crippen molar-refractivity contribution >= 4 is 43.4 Å². The Morgan fingerprint density at radius 2 is 1.25 bits per heavy atom. The van der Waals surface area contributed by atoms with E-state index in [1.165, 1.54) is 24.3 Å². The third-order valence-electron chi connectivity index (χ3n) is 4.84. The Hall–Kier alpha value is -1.24. The monoisotopic (exact) mass is 524 g/mol. The molecular weight excluding hydrogens is 503 g/mol. The molecule has 1 N–H and O–H groups in total. The quantitative estimate of drug-likeness (QED) is 0.434. The van der Waals surface area contributed by atoms with Crippen LogP contribution in [0.15, 0.2) is 58.3 Å². The number of hydrogen-bond acceptors (Lipinski definition) is 8. The molecule has 1 saturated heterocycles. The van der Waals surface area contributed by atoms with Gasteiger partial charge in [-0.1, -0.05) is 35.4 Å². The maximum Gasteiger partial charge on any atom is 0.297 e. The number of ether oxygens (including phenoxy) is 1. The highest BCUT2D eigenvalue weighted by Gasteiger charge is 2.50. The number of hydrogen-bond donors (Lipinski definition) is 1. The van der Waals surface area contributed by atoms with Gasteiger partial charge in [0, 0.05) is 0 Å². The minimum atomic E-state index is -4.42. The highest BCUT2D eigenvalue weighted by Crippen LogP contribution is 2.33. The van der Waals surface area contributed by atoms with Gasteiger partial charge in [0.1, 0.15) is 6.10 Å². The van der Waals surface area contributed by atoms with Crippen LogP contribution in [-0.4, -0.2) is 57.8 Å². The van der Waals surface area contributed by atoms with Crippen LogP contribution in [0.3, 0.4) is 0 Å². The molecule has 0 unspecified atom stereocenters. The maximum atomic E-state index is 12.8. The molecule has 0 bridgehead atoms. The zero-order valence-electron chi connectivity index (χ0n) is 17.1. The molecule has 2 aromatic carbocycles. The standard InChI is InChI=1S/C20H22Cl2O8S2/c1-12-3-7-14(8-4-12)31(24,25)29-18-17(22)16(11-21)28-20(23)19(18)30-32(26,27)15-9-5-13(2)6-10-15/h3-10,16-20,23H,11H2,1-2H3/t16-,17+,18+,19-,20-/m1/s1. The molecule has 1 heterocycles. The van der Waals surface area contributed by atoms with Crippen LogP contribution in [0.1, 0.15) is 11.1 Å². The normalized spacial score (nSPS) is 26.7. The van der Waals surface area contributed by atoms with Gasteiger partial charge >= 0.3 is 0 Å². The molecule has 1 aliphatic heterocycles. The number of aryl methyl sites for hydroxylation is 2. The molecule has 0 saturated carbocycles. The molecule has 0 spiro atoms. The second-order valence-electron chi connectivity index (χ2n) is 7.32. The van der Waals surface area contributed by atoms with Crippen molar-refractivity contribution in [3.8, 4) is 0 Å². The van der Waals surface area contributed by atoms with Crippen molar-refractivity contribution < 1.29 is 35.0 Å². The van der Waals surface area contributed by atoms with Crippen molar-refractivity contribution in [2.45, 2.75) is 53.6 Å². The van der Waals surface area contributed by atoms with Crippen LogP contribution in [0.5, 0.6) is 0 Å². The van der Waals surface area contributed by atoms with E-state index in [4.69, 9.17) is 36.3 Å². The van der Waals surface area contributed by atoms with Gasteiger partial charge in [-0.2, -0.15) is 16.8 Å². The van der Waals surface area contributed by atoms with Gasteiger partial charge in [0.25, 0.3) is 20.2 Å². The van der Waals surface area contributed by atoms with E-state index in [1.54, 1.807) is 38.1 Å².